The number of likely N-dealkylation sites (N-methyl/N-ethyl adjacent to an activating group) is 1. The lowest BCUT2D eigenvalue weighted by Gasteiger charge is -2.15. The molecule has 0 atom stereocenters. The van der Waals surface area contributed by atoms with E-state index in [-0.39, 0.29) is 5.91 Å². The summed E-state index contributed by atoms with van der Waals surface area (Å²) in [7, 11) is 0. The Morgan fingerprint density at radius 1 is 1.25 bits per heavy atom. The molecule has 8 heteroatoms. The molecule has 0 aliphatic carbocycles. The van der Waals surface area contributed by atoms with Gasteiger partial charge in [0.2, 0.25) is 0 Å². The molecule has 0 saturated carbocycles. The van der Waals surface area contributed by atoms with Crippen LogP contribution in [0.15, 0.2) is 23.6 Å². The van der Waals surface area contributed by atoms with E-state index >= 15 is 0 Å². The quantitative estimate of drug-likeness (QED) is 0.652. The largest absolute Gasteiger partial charge is 0.345 e. The molecule has 0 fully saturated rings. The summed E-state index contributed by atoms with van der Waals surface area (Å²) in [6.45, 7) is 7.95. The maximum Gasteiger partial charge on any atom is 0.271 e. The molecule has 1 heterocycles. The van der Waals surface area contributed by atoms with E-state index in [4.69, 9.17) is 23.2 Å². The van der Waals surface area contributed by atoms with E-state index in [2.05, 4.69) is 29.5 Å². The highest BCUT2D eigenvalue weighted by Crippen LogP contribution is 2.28. The molecular weight excluding hydrogens is 367 g/mol. The van der Waals surface area contributed by atoms with Gasteiger partial charge in [-0.25, -0.2) is 4.98 Å². The number of nitrogens with one attached hydrogen (secondary N) is 3. The van der Waals surface area contributed by atoms with E-state index < -0.39 is 0 Å². The first-order valence-electron chi connectivity index (χ1n) is 7.82. The van der Waals surface area contributed by atoms with E-state index in [1.165, 1.54) is 16.2 Å². The van der Waals surface area contributed by atoms with Gasteiger partial charge in [-0.15, -0.1) is 11.3 Å². The summed E-state index contributed by atoms with van der Waals surface area (Å²) >= 11 is 13.2. The summed E-state index contributed by atoms with van der Waals surface area (Å²) < 4.78 is 0. The van der Waals surface area contributed by atoms with Crippen LogP contribution in [0.5, 0.6) is 0 Å². The normalized spacial score (nSPS) is 10.9. The second-order valence-electron chi connectivity index (χ2n) is 5.25. The number of anilines is 2. The Morgan fingerprint density at radius 3 is 2.67 bits per heavy atom. The highest BCUT2D eigenvalue weighted by atomic mass is 35.5. The Balaban J connectivity index is 1.89. The fourth-order valence-corrected chi connectivity index (χ4v) is 3.19. The molecule has 1 aromatic carbocycles. The fraction of sp³-hybridized carbons (Fsp3) is 0.375. The molecule has 0 unspecified atom stereocenters. The lowest BCUT2D eigenvalue weighted by Crippen LogP contribution is -3.12. The fourth-order valence-electron chi connectivity index (χ4n) is 2.18. The van der Waals surface area contributed by atoms with Gasteiger partial charge in [-0.3, -0.25) is 4.79 Å². The number of aromatic nitrogens is 1. The van der Waals surface area contributed by atoms with Crippen LogP contribution in [0.2, 0.25) is 10.0 Å². The van der Waals surface area contributed by atoms with Crippen molar-refractivity contribution in [3.8, 4) is 0 Å². The molecule has 24 heavy (non-hydrogen) atoms. The van der Waals surface area contributed by atoms with Gasteiger partial charge in [-0.1, -0.05) is 23.2 Å². The zero-order chi connectivity index (χ0) is 17.5. The number of nitrogens with zero attached hydrogens (tertiary/aromatic N) is 1. The van der Waals surface area contributed by atoms with Crippen LogP contribution < -0.4 is 15.5 Å². The highest BCUT2D eigenvalue weighted by molar-refractivity contribution is 7.14. The van der Waals surface area contributed by atoms with E-state index in [9.17, 15) is 4.79 Å². The van der Waals surface area contributed by atoms with Crippen molar-refractivity contribution < 1.29 is 9.69 Å². The van der Waals surface area contributed by atoms with Gasteiger partial charge < -0.3 is 15.5 Å². The van der Waals surface area contributed by atoms with Crippen molar-refractivity contribution in [2.24, 2.45) is 0 Å². The van der Waals surface area contributed by atoms with Gasteiger partial charge in [-0.05, 0) is 32.0 Å². The van der Waals surface area contributed by atoms with Crippen LogP contribution >= 0.6 is 34.5 Å². The van der Waals surface area contributed by atoms with Crippen LogP contribution in [-0.2, 0) is 0 Å². The van der Waals surface area contributed by atoms with Crippen LogP contribution in [-0.4, -0.2) is 37.1 Å². The second kappa shape index (κ2) is 9.22. The first-order valence-corrected chi connectivity index (χ1v) is 9.46. The van der Waals surface area contributed by atoms with Crippen molar-refractivity contribution in [3.05, 3.63) is 39.3 Å². The van der Waals surface area contributed by atoms with Crippen molar-refractivity contribution in [3.63, 3.8) is 0 Å². The van der Waals surface area contributed by atoms with Crippen molar-refractivity contribution in [1.29, 1.82) is 0 Å². The van der Waals surface area contributed by atoms with Gasteiger partial charge in [0, 0.05) is 11.1 Å². The molecule has 3 N–H and O–H groups in total. The standard InChI is InChI=1S/C16H20Cl2N4OS/c1-3-22(4-2)8-7-19-15(23)14-10-24-16(21-14)20-11-5-6-12(17)13(18)9-11/h5-6,9-10H,3-4,7-8H2,1-2H3,(H,19,23)(H,20,21)/p+1. The number of hydrogen-bond acceptors (Lipinski definition) is 4. The molecule has 2 aromatic rings. The summed E-state index contributed by atoms with van der Waals surface area (Å²) in [5.41, 5.74) is 1.19. The molecule has 1 amide bonds. The van der Waals surface area contributed by atoms with E-state index in [1.807, 2.05) is 6.07 Å². The van der Waals surface area contributed by atoms with Crippen molar-refractivity contribution in [1.82, 2.24) is 10.3 Å². The number of carbonyl (C=O) groups excluding carboxylic acids is 1. The lowest BCUT2D eigenvalue weighted by atomic mass is 10.3. The monoisotopic (exact) mass is 387 g/mol. The summed E-state index contributed by atoms with van der Waals surface area (Å²) in [6, 6.07) is 5.24. The average Bonchev–Trinajstić information content (AvgIpc) is 3.03. The number of rotatable bonds is 8. The maximum atomic E-state index is 12.1. The molecular formula is C16H21Cl2N4OS+. The summed E-state index contributed by atoms with van der Waals surface area (Å²) in [5.74, 6) is -0.153. The molecule has 0 aliphatic heterocycles. The summed E-state index contributed by atoms with van der Waals surface area (Å²) in [4.78, 5) is 17.9. The topological polar surface area (TPSA) is 58.5 Å². The van der Waals surface area contributed by atoms with Crippen LogP contribution in [0.4, 0.5) is 10.8 Å². The van der Waals surface area contributed by atoms with Gasteiger partial charge in [-0.2, -0.15) is 0 Å². The third kappa shape index (κ3) is 5.34. The summed E-state index contributed by atoms with van der Waals surface area (Å²) in [6.07, 6.45) is 0. The number of benzene rings is 1. The Labute approximate surface area is 156 Å². The Bertz CT molecular complexity index is 688. The Hall–Kier alpha value is -1.34. The van der Waals surface area contributed by atoms with Crippen molar-refractivity contribution >= 4 is 51.3 Å². The SMILES string of the molecule is CC[NH+](CC)CCNC(=O)c1csc(Nc2ccc(Cl)c(Cl)c2)n1. The molecule has 0 radical (unpaired) electrons. The van der Waals surface area contributed by atoms with E-state index in [1.54, 1.807) is 17.5 Å². The van der Waals surface area contributed by atoms with Crippen LogP contribution in [0, 0.1) is 0 Å². The minimum Gasteiger partial charge on any atom is -0.345 e. The van der Waals surface area contributed by atoms with Crippen molar-refractivity contribution in [2.75, 3.05) is 31.5 Å². The second-order valence-corrected chi connectivity index (χ2v) is 6.93. The third-order valence-electron chi connectivity index (χ3n) is 3.67. The van der Waals surface area contributed by atoms with E-state index in [0.29, 0.717) is 27.4 Å². The van der Waals surface area contributed by atoms with Gasteiger partial charge in [0.15, 0.2) is 5.13 Å². The minimum absolute atomic E-state index is 0.153. The Kier molecular flexibility index (Phi) is 7.30. The van der Waals surface area contributed by atoms with Crippen LogP contribution in [0.3, 0.4) is 0 Å². The number of thiazole rings is 1. The number of amides is 1. The third-order valence-corrected chi connectivity index (χ3v) is 5.17. The number of quaternary nitrogens is 1. The smallest absolute Gasteiger partial charge is 0.271 e. The lowest BCUT2D eigenvalue weighted by molar-refractivity contribution is -0.895. The molecule has 0 bridgehead atoms. The predicted octanol–water partition coefficient (Wildman–Crippen LogP) is 2.85. The summed E-state index contributed by atoms with van der Waals surface area (Å²) in [5, 5.41) is 9.36. The van der Waals surface area contributed by atoms with Gasteiger partial charge >= 0.3 is 0 Å². The molecule has 5 nitrogen and oxygen atoms in total. The average molecular weight is 388 g/mol. The zero-order valence-corrected chi connectivity index (χ0v) is 16.0. The van der Waals surface area contributed by atoms with Gasteiger partial charge in [0.1, 0.15) is 5.69 Å². The number of carbonyl (C=O) groups is 1. The van der Waals surface area contributed by atoms with Crippen LogP contribution in [0.1, 0.15) is 24.3 Å². The maximum absolute atomic E-state index is 12.1. The zero-order valence-electron chi connectivity index (χ0n) is 13.7. The van der Waals surface area contributed by atoms with Gasteiger partial charge in [0.05, 0.1) is 36.2 Å². The first-order chi connectivity index (χ1) is 11.5. The van der Waals surface area contributed by atoms with Gasteiger partial charge in [0.25, 0.3) is 5.91 Å². The number of halogens is 2. The molecule has 1 aromatic heterocycles. The van der Waals surface area contributed by atoms with Crippen molar-refractivity contribution in [2.45, 2.75) is 13.8 Å². The minimum atomic E-state index is -0.153. The predicted molar refractivity (Wildman–Crippen MR) is 101 cm³/mol. The number of hydrogen-bond donors (Lipinski definition) is 3. The van der Waals surface area contributed by atoms with Crippen LogP contribution in [0.25, 0.3) is 0 Å². The highest BCUT2D eigenvalue weighted by Gasteiger charge is 2.12. The van der Waals surface area contributed by atoms with E-state index in [0.717, 1.165) is 25.3 Å². The molecule has 130 valence electrons. The molecule has 0 spiro atoms. The molecule has 2 rings (SSSR count). The first kappa shape index (κ1) is 19.0. The molecule has 0 saturated heterocycles. The Morgan fingerprint density at radius 2 is 2.00 bits per heavy atom. The molecule has 0 aliphatic rings.